The number of nitrogens with one attached hydrogen (secondary N) is 1. The lowest BCUT2D eigenvalue weighted by Gasteiger charge is -2.21. The lowest BCUT2D eigenvalue weighted by Crippen LogP contribution is -2.11. The van der Waals surface area contributed by atoms with Gasteiger partial charge in [0, 0.05) is 5.02 Å². The molecule has 0 amide bonds. The van der Waals surface area contributed by atoms with E-state index in [0.717, 1.165) is 22.7 Å². The minimum absolute atomic E-state index is 0.252. The van der Waals surface area contributed by atoms with E-state index in [1.165, 1.54) is 18.4 Å². The van der Waals surface area contributed by atoms with Gasteiger partial charge in [-0.05, 0) is 36.6 Å². The van der Waals surface area contributed by atoms with Crippen molar-refractivity contribution in [3.05, 3.63) is 63.6 Å². The predicted octanol–water partition coefficient (Wildman–Crippen LogP) is 6.65. The van der Waals surface area contributed by atoms with Crippen molar-refractivity contribution < 1.29 is 0 Å². The summed E-state index contributed by atoms with van der Waals surface area (Å²) in [6.45, 7) is 4.17. The Morgan fingerprint density at radius 2 is 1.76 bits per heavy atom. The molecule has 0 bridgehead atoms. The monoisotopic (exact) mass is 321 g/mol. The van der Waals surface area contributed by atoms with Gasteiger partial charge in [-0.1, -0.05) is 73.3 Å². The van der Waals surface area contributed by atoms with Crippen LogP contribution in [0.1, 0.15) is 43.4 Å². The number of hydrogen-bond donors (Lipinski definition) is 1. The van der Waals surface area contributed by atoms with Crippen LogP contribution in [0.4, 0.5) is 5.69 Å². The zero-order valence-electron chi connectivity index (χ0n) is 12.5. The van der Waals surface area contributed by atoms with Crippen LogP contribution in [0.25, 0.3) is 0 Å². The highest BCUT2D eigenvalue weighted by Crippen LogP contribution is 2.33. The third-order valence-corrected chi connectivity index (χ3v) is 4.35. The van der Waals surface area contributed by atoms with Gasteiger partial charge in [-0.3, -0.25) is 0 Å². The van der Waals surface area contributed by atoms with E-state index in [9.17, 15) is 0 Å². The molecule has 0 heterocycles. The highest BCUT2D eigenvalue weighted by atomic mass is 35.5. The first-order chi connectivity index (χ1) is 10.1. The summed E-state index contributed by atoms with van der Waals surface area (Å²) in [5, 5.41) is 5.01. The minimum Gasteiger partial charge on any atom is -0.377 e. The Balaban J connectivity index is 2.25. The quantitative estimate of drug-likeness (QED) is 0.628. The van der Waals surface area contributed by atoms with Gasteiger partial charge in [0.15, 0.2) is 0 Å². The Morgan fingerprint density at radius 1 is 1.05 bits per heavy atom. The zero-order chi connectivity index (χ0) is 15.2. The second-order valence-electron chi connectivity index (χ2n) is 5.33. The highest BCUT2D eigenvalue weighted by Gasteiger charge is 2.13. The summed E-state index contributed by atoms with van der Waals surface area (Å²) in [6.07, 6.45) is 3.42. The zero-order valence-corrected chi connectivity index (χ0v) is 14.0. The fourth-order valence-corrected chi connectivity index (χ4v) is 2.80. The van der Waals surface area contributed by atoms with E-state index in [2.05, 4.69) is 36.5 Å². The Morgan fingerprint density at radius 3 is 2.43 bits per heavy atom. The number of unbranched alkanes of at least 4 members (excludes halogenated alkanes) is 1. The summed E-state index contributed by atoms with van der Waals surface area (Å²) in [5.74, 6) is 0. The van der Waals surface area contributed by atoms with Gasteiger partial charge in [0.05, 0.1) is 16.8 Å². The van der Waals surface area contributed by atoms with E-state index < -0.39 is 0 Å². The molecule has 1 nitrogen and oxygen atoms in total. The third kappa shape index (κ3) is 4.39. The Bertz CT molecular complexity index is 581. The van der Waals surface area contributed by atoms with Gasteiger partial charge < -0.3 is 5.32 Å². The first-order valence-electron chi connectivity index (χ1n) is 7.39. The van der Waals surface area contributed by atoms with Gasteiger partial charge in [0.1, 0.15) is 0 Å². The summed E-state index contributed by atoms with van der Waals surface area (Å²) in [6, 6.07) is 14.6. The molecule has 2 aromatic rings. The lowest BCUT2D eigenvalue weighted by atomic mass is 10.0. The van der Waals surface area contributed by atoms with E-state index in [1.807, 2.05) is 25.1 Å². The molecule has 0 aliphatic carbocycles. The first-order valence-corrected chi connectivity index (χ1v) is 8.14. The molecule has 0 spiro atoms. The maximum Gasteiger partial charge on any atom is 0.0641 e. The molecule has 0 saturated heterocycles. The molecule has 1 N–H and O–H groups in total. The van der Waals surface area contributed by atoms with Crippen molar-refractivity contribution in [3.63, 3.8) is 0 Å². The summed E-state index contributed by atoms with van der Waals surface area (Å²) in [7, 11) is 0. The van der Waals surface area contributed by atoms with E-state index in [0.29, 0.717) is 5.02 Å². The molecule has 0 aliphatic rings. The van der Waals surface area contributed by atoms with Crippen LogP contribution in [0, 0.1) is 6.92 Å². The number of rotatable bonds is 6. The topological polar surface area (TPSA) is 12.0 Å². The van der Waals surface area contributed by atoms with Crippen LogP contribution >= 0.6 is 23.2 Å². The molecule has 0 radical (unpaired) electrons. The summed E-state index contributed by atoms with van der Waals surface area (Å²) < 4.78 is 0. The van der Waals surface area contributed by atoms with Crippen LogP contribution in [0.5, 0.6) is 0 Å². The Kier molecular flexibility index (Phi) is 5.96. The van der Waals surface area contributed by atoms with Crippen molar-refractivity contribution in [3.8, 4) is 0 Å². The van der Waals surface area contributed by atoms with Gasteiger partial charge in [-0.2, -0.15) is 0 Å². The number of halogens is 2. The minimum atomic E-state index is 0.252. The van der Waals surface area contributed by atoms with Crippen LogP contribution in [0.15, 0.2) is 42.5 Å². The highest BCUT2D eigenvalue weighted by molar-refractivity contribution is 6.35. The Labute approximate surface area is 137 Å². The average Bonchev–Trinajstić information content (AvgIpc) is 2.49. The molecule has 2 aromatic carbocycles. The van der Waals surface area contributed by atoms with Crippen LogP contribution in [-0.4, -0.2) is 0 Å². The second-order valence-corrected chi connectivity index (χ2v) is 6.15. The van der Waals surface area contributed by atoms with Crippen LogP contribution in [0.3, 0.4) is 0 Å². The number of hydrogen-bond acceptors (Lipinski definition) is 1. The van der Waals surface area contributed by atoms with Crippen molar-refractivity contribution in [2.24, 2.45) is 0 Å². The smallest absolute Gasteiger partial charge is 0.0641 e. The van der Waals surface area contributed by atoms with Gasteiger partial charge >= 0.3 is 0 Å². The van der Waals surface area contributed by atoms with Crippen molar-refractivity contribution in [2.75, 3.05) is 5.32 Å². The van der Waals surface area contributed by atoms with Gasteiger partial charge in [-0.15, -0.1) is 0 Å². The molecule has 1 atom stereocenters. The predicted molar refractivity (Wildman–Crippen MR) is 93.5 cm³/mol. The average molecular weight is 322 g/mol. The fraction of sp³-hybridized carbons (Fsp3) is 0.333. The number of anilines is 1. The van der Waals surface area contributed by atoms with E-state index in [-0.39, 0.29) is 6.04 Å². The third-order valence-electron chi connectivity index (χ3n) is 3.63. The van der Waals surface area contributed by atoms with E-state index in [4.69, 9.17) is 23.2 Å². The van der Waals surface area contributed by atoms with Crippen LogP contribution in [0.2, 0.25) is 10.0 Å². The van der Waals surface area contributed by atoms with Crippen molar-refractivity contribution in [2.45, 2.75) is 39.2 Å². The Hall–Kier alpha value is -1.18. The maximum atomic E-state index is 6.35. The molecule has 3 heteroatoms. The summed E-state index contributed by atoms with van der Waals surface area (Å²) in [5.41, 5.74) is 3.17. The molecular formula is C18H21Cl2N. The van der Waals surface area contributed by atoms with Crippen molar-refractivity contribution >= 4 is 28.9 Å². The largest absolute Gasteiger partial charge is 0.377 e. The van der Waals surface area contributed by atoms with Crippen molar-refractivity contribution in [1.29, 1.82) is 0 Å². The van der Waals surface area contributed by atoms with E-state index >= 15 is 0 Å². The normalized spacial score (nSPS) is 12.2. The second kappa shape index (κ2) is 7.72. The molecule has 0 aromatic heterocycles. The lowest BCUT2D eigenvalue weighted by molar-refractivity contribution is 0.634. The van der Waals surface area contributed by atoms with Crippen LogP contribution < -0.4 is 5.32 Å². The van der Waals surface area contributed by atoms with Crippen molar-refractivity contribution in [1.82, 2.24) is 0 Å². The molecular weight excluding hydrogens is 301 g/mol. The van der Waals surface area contributed by atoms with E-state index in [1.54, 1.807) is 0 Å². The van der Waals surface area contributed by atoms with Gasteiger partial charge in [0.25, 0.3) is 0 Å². The molecule has 112 valence electrons. The fourth-order valence-electron chi connectivity index (χ4n) is 2.36. The number of benzene rings is 2. The molecule has 0 aliphatic heterocycles. The molecule has 2 rings (SSSR count). The standard InChI is InChI=1S/C18H21Cl2N/c1-3-4-10-17(14-8-6-5-7-9-14)21-18-12-15(19)13(2)11-16(18)20/h5-9,11-12,17,21H,3-4,10H2,1-2H3. The molecule has 1 unspecified atom stereocenters. The number of aryl methyl sites for hydroxylation is 1. The molecule has 0 saturated carbocycles. The molecule has 21 heavy (non-hydrogen) atoms. The van der Waals surface area contributed by atoms with Gasteiger partial charge in [-0.25, -0.2) is 0 Å². The molecule has 0 fully saturated rings. The van der Waals surface area contributed by atoms with Gasteiger partial charge in [0.2, 0.25) is 0 Å². The maximum absolute atomic E-state index is 6.35. The first kappa shape index (κ1) is 16.2. The van der Waals surface area contributed by atoms with Crippen LogP contribution in [-0.2, 0) is 0 Å². The SMILES string of the molecule is CCCCC(Nc1cc(Cl)c(C)cc1Cl)c1ccccc1. The summed E-state index contributed by atoms with van der Waals surface area (Å²) in [4.78, 5) is 0. The summed E-state index contributed by atoms with van der Waals surface area (Å²) >= 11 is 12.6.